The molecule has 0 spiro atoms. The van der Waals surface area contributed by atoms with Crippen LogP contribution in [0, 0.1) is 13.8 Å². The van der Waals surface area contributed by atoms with Gasteiger partial charge in [-0.25, -0.2) is 15.0 Å². The Labute approximate surface area is 131 Å². The molecule has 0 aliphatic carbocycles. The van der Waals surface area contributed by atoms with Crippen molar-refractivity contribution in [2.75, 3.05) is 11.9 Å². The first kappa shape index (κ1) is 15.9. The lowest BCUT2D eigenvalue weighted by atomic mass is 10.0. The second-order valence-corrected chi connectivity index (χ2v) is 6.67. The minimum Gasteiger partial charge on any atom is -0.370 e. The van der Waals surface area contributed by atoms with Crippen LogP contribution < -0.4 is 5.32 Å². The van der Waals surface area contributed by atoms with Crippen molar-refractivity contribution in [1.29, 1.82) is 0 Å². The van der Waals surface area contributed by atoms with Crippen LogP contribution in [0.3, 0.4) is 0 Å². The number of hydrogen-bond donors (Lipinski definition) is 1. The minimum atomic E-state index is 0.417. The van der Waals surface area contributed by atoms with Gasteiger partial charge in [0.05, 0.1) is 17.1 Å². The van der Waals surface area contributed by atoms with Gasteiger partial charge in [0.1, 0.15) is 11.6 Å². The van der Waals surface area contributed by atoms with E-state index in [1.807, 2.05) is 6.92 Å². The molecule has 0 saturated heterocycles. The predicted octanol–water partition coefficient (Wildman–Crippen LogP) is 4.09. The summed E-state index contributed by atoms with van der Waals surface area (Å²) in [5, 5.41) is 6.62. The summed E-state index contributed by atoms with van der Waals surface area (Å²) in [4.78, 5) is 13.9. The number of aromatic nitrogens is 3. The molecule has 0 unspecified atom stereocenters. The number of hydrogen-bond acceptors (Lipinski definition) is 5. The average molecular weight is 304 g/mol. The number of anilines is 1. The fraction of sp³-hybridized carbons (Fsp3) is 0.562. The largest absolute Gasteiger partial charge is 0.370 e. The second kappa shape index (κ2) is 6.98. The van der Waals surface area contributed by atoms with Crippen LogP contribution >= 0.6 is 11.3 Å². The van der Waals surface area contributed by atoms with Crippen molar-refractivity contribution < 1.29 is 0 Å². The Hall–Kier alpha value is -1.49. The standard InChI is InChI=1S/C16H24N4S/c1-6-7-17-16-15(10(2)3)11(4)18-14(20-16)8-13-9-21-12(5)19-13/h9-10H,6-8H2,1-5H3,(H,17,18,20). The van der Waals surface area contributed by atoms with E-state index in [1.165, 1.54) is 5.56 Å². The molecular weight excluding hydrogens is 280 g/mol. The van der Waals surface area contributed by atoms with Crippen LogP contribution in [0.4, 0.5) is 5.82 Å². The van der Waals surface area contributed by atoms with Gasteiger partial charge < -0.3 is 5.32 Å². The molecule has 0 radical (unpaired) electrons. The Kier molecular flexibility index (Phi) is 5.28. The van der Waals surface area contributed by atoms with Crippen LogP contribution in [0.15, 0.2) is 5.38 Å². The number of aryl methyl sites for hydroxylation is 2. The van der Waals surface area contributed by atoms with Gasteiger partial charge in [0, 0.05) is 23.2 Å². The van der Waals surface area contributed by atoms with E-state index in [1.54, 1.807) is 11.3 Å². The van der Waals surface area contributed by atoms with Crippen LogP contribution in [0.25, 0.3) is 0 Å². The summed E-state index contributed by atoms with van der Waals surface area (Å²) in [6, 6.07) is 0. The van der Waals surface area contributed by atoms with Crippen molar-refractivity contribution in [2.24, 2.45) is 0 Å². The number of rotatable bonds is 6. The Morgan fingerprint density at radius 2 is 1.95 bits per heavy atom. The Morgan fingerprint density at radius 3 is 2.52 bits per heavy atom. The number of nitrogens with one attached hydrogen (secondary N) is 1. The van der Waals surface area contributed by atoms with E-state index in [2.05, 4.69) is 48.4 Å². The molecule has 0 bridgehead atoms. The molecule has 0 atom stereocenters. The quantitative estimate of drug-likeness (QED) is 0.873. The molecule has 21 heavy (non-hydrogen) atoms. The van der Waals surface area contributed by atoms with E-state index >= 15 is 0 Å². The summed E-state index contributed by atoms with van der Waals surface area (Å²) in [6.07, 6.45) is 1.78. The van der Waals surface area contributed by atoms with Crippen LogP contribution in [0.2, 0.25) is 0 Å². The maximum absolute atomic E-state index is 4.74. The molecule has 2 aromatic rings. The highest BCUT2D eigenvalue weighted by atomic mass is 32.1. The van der Waals surface area contributed by atoms with Crippen LogP contribution in [0.5, 0.6) is 0 Å². The van der Waals surface area contributed by atoms with Crippen LogP contribution in [-0.2, 0) is 6.42 Å². The average Bonchev–Trinajstić information content (AvgIpc) is 2.80. The molecule has 1 N–H and O–H groups in total. The number of thiazole rings is 1. The maximum atomic E-state index is 4.74. The van der Waals surface area contributed by atoms with Crippen molar-refractivity contribution in [3.05, 3.63) is 33.2 Å². The second-order valence-electron chi connectivity index (χ2n) is 5.60. The van der Waals surface area contributed by atoms with Crippen molar-refractivity contribution in [2.45, 2.75) is 53.4 Å². The molecule has 0 aliphatic heterocycles. The molecule has 5 heteroatoms. The van der Waals surface area contributed by atoms with E-state index in [4.69, 9.17) is 4.98 Å². The normalized spacial score (nSPS) is 11.1. The van der Waals surface area contributed by atoms with Crippen molar-refractivity contribution in [3.8, 4) is 0 Å². The van der Waals surface area contributed by atoms with Gasteiger partial charge in [0.2, 0.25) is 0 Å². The molecule has 2 aromatic heterocycles. The fourth-order valence-corrected chi connectivity index (χ4v) is 3.05. The third-order valence-electron chi connectivity index (χ3n) is 3.31. The highest BCUT2D eigenvalue weighted by Gasteiger charge is 2.15. The van der Waals surface area contributed by atoms with Crippen molar-refractivity contribution in [1.82, 2.24) is 15.0 Å². The molecule has 0 saturated carbocycles. The topological polar surface area (TPSA) is 50.7 Å². The first-order chi connectivity index (χ1) is 10.0. The molecule has 4 nitrogen and oxygen atoms in total. The van der Waals surface area contributed by atoms with Crippen LogP contribution in [0.1, 0.15) is 60.9 Å². The lowest BCUT2D eigenvalue weighted by Crippen LogP contribution is -2.12. The summed E-state index contributed by atoms with van der Waals surface area (Å²) >= 11 is 1.67. The van der Waals surface area contributed by atoms with E-state index in [-0.39, 0.29) is 0 Å². The summed E-state index contributed by atoms with van der Waals surface area (Å²) in [5.41, 5.74) is 3.35. The Bertz CT molecular complexity index is 604. The smallest absolute Gasteiger partial charge is 0.136 e. The Morgan fingerprint density at radius 1 is 1.19 bits per heavy atom. The minimum absolute atomic E-state index is 0.417. The zero-order chi connectivity index (χ0) is 15.4. The third kappa shape index (κ3) is 4.00. The van der Waals surface area contributed by atoms with Crippen molar-refractivity contribution >= 4 is 17.2 Å². The van der Waals surface area contributed by atoms with E-state index in [0.29, 0.717) is 12.3 Å². The molecule has 114 valence electrons. The molecule has 0 aromatic carbocycles. The highest BCUT2D eigenvalue weighted by molar-refractivity contribution is 7.09. The van der Waals surface area contributed by atoms with Crippen molar-refractivity contribution in [3.63, 3.8) is 0 Å². The first-order valence-electron chi connectivity index (χ1n) is 7.53. The van der Waals surface area contributed by atoms with Gasteiger partial charge in [-0.05, 0) is 26.2 Å². The lowest BCUT2D eigenvalue weighted by Gasteiger charge is -2.16. The molecule has 2 heterocycles. The molecule has 2 rings (SSSR count). The predicted molar refractivity (Wildman–Crippen MR) is 89.3 cm³/mol. The SMILES string of the molecule is CCCNc1nc(Cc2csc(C)n2)nc(C)c1C(C)C. The monoisotopic (exact) mass is 304 g/mol. The van der Waals surface area contributed by atoms with Gasteiger partial charge in [-0.3, -0.25) is 0 Å². The van der Waals surface area contributed by atoms with Gasteiger partial charge >= 0.3 is 0 Å². The molecule has 0 amide bonds. The third-order valence-corrected chi connectivity index (χ3v) is 4.13. The summed E-state index contributed by atoms with van der Waals surface area (Å²) < 4.78 is 0. The summed E-state index contributed by atoms with van der Waals surface area (Å²) in [6.45, 7) is 11.6. The zero-order valence-electron chi connectivity index (χ0n) is 13.5. The fourth-order valence-electron chi connectivity index (χ4n) is 2.44. The van der Waals surface area contributed by atoms with Crippen LogP contribution in [-0.4, -0.2) is 21.5 Å². The van der Waals surface area contributed by atoms with E-state index in [0.717, 1.165) is 41.0 Å². The van der Waals surface area contributed by atoms with Gasteiger partial charge in [0.15, 0.2) is 0 Å². The van der Waals surface area contributed by atoms with Gasteiger partial charge in [-0.1, -0.05) is 20.8 Å². The molecule has 0 fully saturated rings. The van der Waals surface area contributed by atoms with Gasteiger partial charge in [-0.2, -0.15) is 0 Å². The van der Waals surface area contributed by atoms with Gasteiger partial charge in [-0.15, -0.1) is 11.3 Å². The lowest BCUT2D eigenvalue weighted by molar-refractivity contribution is 0.804. The number of nitrogens with zero attached hydrogens (tertiary/aromatic N) is 3. The molecular formula is C16H24N4S. The summed E-state index contributed by atoms with van der Waals surface area (Å²) in [7, 11) is 0. The summed E-state index contributed by atoms with van der Waals surface area (Å²) in [5.74, 6) is 2.25. The molecule has 0 aliphatic rings. The Balaban J connectivity index is 2.32. The first-order valence-corrected chi connectivity index (χ1v) is 8.41. The van der Waals surface area contributed by atoms with Gasteiger partial charge in [0.25, 0.3) is 0 Å². The van der Waals surface area contributed by atoms with E-state index in [9.17, 15) is 0 Å². The van der Waals surface area contributed by atoms with E-state index < -0.39 is 0 Å². The highest BCUT2D eigenvalue weighted by Crippen LogP contribution is 2.26. The zero-order valence-corrected chi connectivity index (χ0v) is 14.3. The maximum Gasteiger partial charge on any atom is 0.136 e.